The molecule has 0 spiro atoms. The second kappa shape index (κ2) is 7.25. The van der Waals surface area contributed by atoms with E-state index in [0.717, 1.165) is 16.8 Å². The quantitative estimate of drug-likeness (QED) is 0.754. The highest BCUT2D eigenvalue weighted by Crippen LogP contribution is 2.25. The van der Waals surface area contributed by atoms with Crippen LogP contribution in [0.15, 0.2) is 47.1 Å². The van der Waals surface area contributed by atoms with Crippen LogP contribution in [0.3, 0.4) is 0 Å². The van der Waals surface area contributed by atoms with E-state index in [4.69, 9.17) is 16.0 Å². The number of furan rings is 1. The number of carbonyl (C=O) groups excluding carboxylic acids is 1. The minimum Gasteiger partial charge on any atom is -0.468 e. The Morgan fingerprint density at radius 1 is 1.32 bits per heavy atom. The van der Waals surface area contributed by atoms with Crippen molar-refractivity contribution in [1.82, 2.24) is 15.2 Å². The summed E-state index contributed by atoms with van der Waals surface area (Å²) < 4.78 is 5.48. The molecule has 1 amide bonds. The van der Waals surface area contributed by atoms with Crippen molar-refractivity contribution in [2.45, 2.75) is 13.0 Å². The molecule has 1 atom stereocenters. The van der Waals surface area contributed by atoms with Crippen LogP contribution in [0.2, 0.25) is 5.02 Å². The van der Waals surface area contributed by atoms with Crippen LogP contribution in [0, 0.1) is 6.92 Å². The van der Waals surface area contributed by atoms with E-state index in [1.165, 1.54) is 0 Å². The zero-order valence-corrected chi connectivity index (χ0v) is 15.2. The third-order valence-electron chi connectivity index (χ3n) is 4.11. The van der Waals surface area contributed by atoms with Crippen LogP contribution >= 0.6 is 11.6 Å². The maximum Gasteiger partial charge on any atom is 0.252 e. The number of aryl methyl sites for hydroxylation is 1. The SMILES string of the molecule is Cc1cc(C(=O)NC[C@H](c2ccco2)N(C)C)c2cccc(Cl)c2n1. The third-order valence-corrected chi connectivity index (χ3v) is 4.42. The molecule has 1 N–H and O–H groups in total. The van der Waals surface area contributed by atoms with Gasteiger partial charge in [0.15, 0.2) is 0 Å². The summed E-state index contributed by atoms with van der Waals surface area (Å²) in [6.45, 7) is 2.29. The van der Waals surface area contributed by atoms with Gasteiger partial charge in [0.25, 0.3) is 5.91 Å². The first kappa shape index (κ1) is 17.5. The largest absolute Gasteiger partial charge is 0.468 e. The zero-order valence-electron chi connectivity index (χ0n) is 14.4. The summed E-state index contributed by atoms with van der Waals surface area (Å²) >= 11 is 6.23. The molecule has 0 aliphatic carbocycles. The van der Waals surface area contributed by atoms with Gasteiger partial charge in [-0.2, -0.15) is 0 Å². The molecule has 2 aromatic heterocycles. The average Bonchev–Trinajstić information content (AvgIpc) is 3.09. The molecule has 130 valence electrons. The summed E-state index contributed by atoms with van der Waals surface area (Å²) in [7, 11) is 3.90. The van der Waals surface area contributed by atoms with Crippen molar-refractivity contribution >= 4 is 28.4 Å². The van der Waals surface area contributed by atoms with Crippen molar-refractivity contribution in [1.29, 1.82) is 0 Å². The van der Waals surface area contributed by atoms with Gasteiger partial charge in [-0.25, -0.2) is 0 Å². The van der Waals surface area contributed by atoms with Gasteiger partial charge in [-0.05, 0) is 45.3 Å². The smallest absolute Gasteiger partial charge is 0.252 e. The molecule has 0 fully saturated rings. The number of likely N-dealkylation sites (N-methyl/N-ethyl adjacent to an activating group) is 1. The van der Waals surface area contributed by atoms with Crippen LogP contribution < -0.4 is 5.32 Å². The molecule has 0 saturated carbocycles. The second-order valence-corrected chi connectivity index (χ2v) is 6.56. The second-order valence-electron chi connectivity index (χ2n) is 6.15. The van der Waals surface area contributed by atoms with Crippen LogP contribution in [-0.4, -0.2) is 36.4 Å². The Bertz CT molecular complexity index is 891. The van der Waals surface area contributed by atoms with E-state index in [1.807, 2.05) is 50.2 Å². The lowest BCUT2D eigenvalue weighted by molar-refractivity contribution is 0.0940. The lowest BCUT2D eigenvalue weighted by atomic mass is 10.1. The summed E-state index contributed by atoms with van der Waals surface area (Å²) in [6, 6.07) is 10.9. The summed E-state index contributed by atoms with van der Waals surface area (Å²) in [6.07, 6.45) is 1.63. The van der Waals surface area contributed by atoms with Gasteiger partial charge in [-0.15, -0.1) is 0 Å². The van der Waals surface area contributed by atoms with Gasteiger partial charge >= 0.3 is 0 Å². The minimum atomic E-state index is -0.156. The molecule has 5 nitrogen and oxygen atoms in total. The highest BCUT2D eigenvalue weighted by molar-refractivity contribution is 6.35. The van der Waals surface area contributed by atoms with Crippen molar-refractivity contribution in [2.75, 3.05) is 20.6 Å². The van der Waals surface area contributed by atoms with Crippen LogP contribution in [-0.2, 0) is 0 Å². The third kappa shape index (κ3) is 3.67. The number of rotatable bonds is 5. The molecular weight excluding hydrogens is 338 g/mol. The van der Waals surface area contributed by atoms with E-state index in [1.54, 1.807) is 18.4 Å². The summed E-state index contributed by atoms with van der Waals surface area (Å²) in [5.74, 6) is 0.653. The Hall–Kier alpha value is -2.37. The van der Waals surface area contributed by atoms with E-state index >= 15 is 0 Å². The van der Waals surface area contributed by atoms with E-state index < -0.39 is 0 Å². The average molecular weight is 358 g/mol. The fourth-order valence-electron chi connectivity index (χ4n) is 2.83. The Morgan fingerprint density at radius 2 is 2.12 bits per heavy atom. The molecule has 0 aliphatic rings. The summed E-state index contributed by atoms with van der Waals surface area (Å²) in [5.41, 5.74) is 1.97. The topological polar surface area (TPSA) is 58.4 Å². The monoisotopic (exact) mass is 357 g/mol. The highest BCUT2D eigenvalue weighted by Gasteiger charge is 2.19. The van der Waals surface area contributed by atoms with Gasteiger partial charge in [0.05, 0.1) is 28.4 Å². The molecule has 0 radical (unpaired) electrons. The lowest BCUT2D eigenvalue weighted by Gasteiger charge is -2.22. The van der Waals surface area contributed by atoms with Gasteiger partial charge in [0, 0.05) is 17.6 Å². The summed E-state index contributed by atoms with van der Waals surface area (Å²) in [4.78, 5) is 19.2. The Labute approximate surface area is 151 Å². The molecule has 25 heavy (non-hydrogen) atoms. The number of nitrogens with zero attached hydrogens (tertiary/aromatic N) is 2. The molecule has 0 aliphatic heterocycles. The molecule has 2 heterocycles. The van der Waals surface area contributed by atoms with Gasteiger partial charge < -0.3 is 9.73 Å². The highest BCUT2D eigenvalue weighted by atomic mass is 35.5. The number of hydrogen-bond donors (Lipinski definition) is 1. The number of halogens is 1. The van der Waals surface area contributed by atoms with E-state index in [-0.39, 0.29) is 11.9 Å². The number of fused-ring (bicyclic) bond motifs is 1. The number of hydrogen-bond acceptors (Lipinski definition) is 4. The van der Waals surface area contributed by atoms with E-state index in [2.05, 4.69) is 10.3 Å². The first-order valence-electron chi connectivity index (χ1n) is 8.01. The van der Waals surface area contributed by atoms with Gasteiger partial charge in [0.1, 0.15) is 5.76 Å². The minimum absolute atomic E-state index is 0.0447. The predicted molar refractivity (Wildman–Crippen MR) is 99.0 cm³/mol. The number of amides is 1. The Balaban J connectivity index is 1.86. The van der Waals surface area contributed by atoms with Crippen molar-refractivity contribution in [2.24, 2.45) is 0 Å². The number of carbonyl (C=O) groups is 1. The Morgan fingerprint density at radius 3 is 2.80 bits per heavy atom. The fraction of sp³-hybridized carbons (Fsp3) is 0.263. The van der Waals surface area contributed by atoms with Crippen LogP contribution in [0.25, 0.3) is 10.9 Å². The van der Waals surface area contributed by atoms with Crippen molar-refractivity contribution < 1.29 is 9.21 Å². The summed E-state index contributed by atoms with van der Waals surface area (Å²) in [5, 5.41) is 4.28. The number of benzene rings is 1. The standard InChI is InChI=1S/C19H20ClN3O2/c1-12-10-14(13-6-4-7-15(20)18(13)22-12)19(24)21-11-16(23(2)3)17-8-5-9-25-17/h4-10,16H,11H2,1-3H3,(H,21,24)/t16-/m1/s1. The first-order chi connectivity index (χ1) is 12.0. The number of pyridine rings is 1. The fourth-order valence-corrected chi connectivity index (χ4v) is 3.05. The van der Waals surface area contributed by atoms with Gasteiger partial charge in [0.2, 0.25) is 0 Å². The predicted octanol–water partition coefficient (Wildman–Crippen LogP) is 3.82. The van der Waals surface area contributed by atoms with E-state index in [0.29, 0.717) is 22.6 Å². The molecular formula is C19H20ClN3O2. The molecule has 1 aromatic carbocycles. The van der Waals surface area contributed by atoms with Gasteiger partial charge in [-0.1, -0.05) is 23.7 Å². The zero-order chi connectivity index (χ0) is 18.0. The number of aromatic nitrogens is 1. The van der Waals surface area contributed by atoms with Crippen molar-refractivity contribution in [3.8, 4) is 0 Å². The normalized spacial score (nSPS) is 12.5. The van der Waals surface area contributed by atoms with Crippen LogP contribution in [0.4, 0.5) is 0 Å². The molecule has 6 heteroatoms. The lowest BCUT2D eigenvalue weighted by Crippen LogP contribution is -2.34. The van der Waals surface area contributed by atoms with Crippen molar-refractivity contribution in [3.63, 3.8) is 0 Å². The molecule has 0 bridgehead atoms. The van der Waals surface area contributed by atoms with Crippen molar-refractivity contribution in [3.05, 3.63) is 64.7 Å². The van der Waals surface area contributed by atoms with Crippen LogP contribution in [0.1, 0.15) is 27.9 Å². The molecule has 3 rings (SSSR count). The Kier molecular flexibility index (Phi) is 5.06. The maximum absolute atomic E-state index is 12.8. The van der Waals surface area contributed by atoms with Gasteiger partial charge in [-0.3, -0.25) is 14.7 Å². The van der Waals surface area contributed by atoms with E-state index in [9.17, 15) is 4.79 Å². The number of nitrogens with one attached hydrogen (secondary N) is 1. The first-order valence-corrected chi connectivity index (χ1v) is 8.39. The molecule has 3 aromatic rings. The maximum atomic E-state index is 12.8. The van der Waals surface area contributed by atoms with Crippen LogP contribution in [0.5, 0.6) is 0 Å². The number of para-hydroxylation sites is 1. The molecule has 0 saturated heterocycles. The molecule has 0 unspecified atom stereocenters.